The molecule has 2 aliphatic rings. The highest BCUT2D eigenvalue weighted by molar-refractivity contribution is 5.14. The van der Waals surface area contributed by atoms with Crippen LogP contribution in [0.5, 0.6) is 0 Å². The lowest BCUT2D eigenvalue weighted by Gasteiger charge is -2.45. The van der Waals surface area contributed by atoms with Crippen molar-refractivity contribution in [2.24, 2.45) is 16.7 Å². The van der Waals surface area contributed by atoms with Crippen LogP contribution in [0.4, 0.5) is 0 Å². The van der Waals surface area contributed by atoms with Gasteiger partial charge < -0.3 is 0 Å². The lowest BCUT2D eigenvalue weighted by atomic mass is 9.60. The van der Waals surface area contributed by atoms with E-state index in [1.807, 2.05) is 0 Å². The van der Waals surface area contributed by atoms with Crippen molar-refractivity contribution in [3.8, 4) is 0 Å². The molecule has 0 unspecified atom stereocenters. The molecule has 13 heavy (non-hydrogen) atoms. The Morgan fingerprint density at radius 2 is 1.69 bits per heavy atom. The Morgan fingerprint density at radius 3 is 2.00 bits per heavy atom. The summed E-state index contributed by atoms with van der Waals surface area (Å²) in [5.74, 6) is 0.965. The van der Waals surface area contributed by atoms with Crippen LogP contribution in [-0.4, -0.2) is 0 Å². The molecular weight excluding hydrogens is 156 g/mol. The van der Waals surface area contributed by atoms with Gasteiger partial charge in [0.25, 0.3) is 0 Å². The van der Waals surface area contributed by atoms with Crippen LogP contribution in [0.25, 0.3) is 0 Å². The van der Waals surface area contributed by atoms with Crippen LogP contribution >= 0.6 is 0 Å². The molecule has 0 N–H and O–H groups in total. The normalized spacial score (nSPS) is 39.2. The highest BCUT2D eigenvalue weighted by Gasteiger charge is 2.38. The van der Waals surface area contributed by atoms with Gasteiger partial charge in [-0.05, 0) is 48.9 Å². The average molecular weight is 178 g/mol. The fraction of sp³-hybridized carbons (Fsp3) is 0.846. The van der Waals surface area contributed by atoms with Gasteiger partial charge in [-0.15, -0.1) is 0 Å². The topological polar surface area (TPSA) is 0 Å². The zero-order valence-electron chi connectivity index (χ0n) is 9.27. The predicted octanol–water partition coefficient (Wildman–Crippen LogP) is 4.17. The molecule has 0 bridgehead atoms. The minimum absolute atomic E-state index is 0.537. The molecule has 0 amide bonds. The van der Waals surface area contributed by atoms with Gasteiger partial charge in [-0.2, -0.15) is 0 Å². The summed E-state index contributed by atoms with van der Waals surface area (Å²) in [7, 11) is 0. The molecule has 1 saturated carbocycles. The summed E-state index contributed by atoms with van der Waals surface area (Å²) in [6, 6.07) is 0. The maximum Gasteiger partial charge on any atom is -0.00836 e. The van der Waals surface area contributed by atoms with Crippen LogP contribution in [0, 0.1) is 16.7 Å². The SMILES string of the molecule is CC(C)(C)C1CCC2(C=CC2)CC1. The molecule has 0 saturated heterocycles. The van der Waals surface area contributed by atoms with E-state index in [1.165, 1.54) is 32.1 Å². The summed E-state index contributed by atoms with van der Waals surface area (Å²) >= 11 is 0. The van der Waals surface area contributed by atoms with Gasteiger partial charge in [0.2, 0.25) is 0 Å². The molecule has 74 valence electrons. The van der Waals surface area contributed by atoms with E-state index in [-0.39, 0.29) is 0 Å². The van der Waals surface area contributed by atoms with E-state index in [0.29, 0.717) is 10.8 Å². The Hall–Kier alpha value is -0.260. The summed E-state index contributed by atoms with van der Waals surface area (Å²) in [5, 5.41) is 0. The van der Waals surface area contributed by atoms with Gasteiger partial charge >= 0.3 is 0 Å². The van der Waals surface area contributed by atoms with E-state index in [4.69, 9.17) is 0 Å². The van der Waals surface area contributed by atoms with Crippen molar-refractivity contribution >= 4 is 0 Å². The minimum Gasteiger partial charge on any atom is -0.0871 e. The molecule has 2 rings (SSSR count). The summed E-state index contributed by atoms with van der Waals surface area (Å²) in [4.78, 5) is 0. The smallest absolute Gasteiger partial charge is 0.00836 e. The second-order valence-electron chi connectivity index (χ2n) is 6.11. The molecule has 0 aromatic heterocycles. The van der Waals surface area contributed by atoms with Crippen LogP contribution in [0.3, 0.4) is 0 Å². The Balaban J connectivity index is 1.93. The second kappa shape index (κ2) is 2.87. The van der Waals surface area contributed by atoms with Gasteiger partial charge in [0.05, 0.1) is 0 Å². The number of allylic oxidation sites excluding steroid dienone is 2. The fourth-order valence-electron chi connectivity index (χ4n) is 2.88. The van der Waals surface area contributed by atoms with Gasteiger partial charge in [-0.1, -0.05) is 32.9 Å². The van der Waals surface area contributed by atoms with E-state index in [2.05, 4.69) is 32.9 Å². The molecule has 0 aliphatic heterocycles. The first-order valence-electron chi connectivity index (χ1n) is 5.70. The summed E-state index contributed by atoms with van der Waals surface area (Å²) < 4.78 is 0. The number of hydrogen-bond donors (Lipinski definition) is 0. The van der Waals surface area contributed by atoms with Crippen molar-refractivity contribution in [1.82, 2.24) is 0 Å². The Labute approximate surface area is 82.4 Å². The maximum absolute atomic E-state index is 2.46. The summed E-state index contributed by atoms with van der Waals surface area (Å²) in [5.41, 5.74) is 1.21. The zero-order chi connectivity index (χ0) is 9.53. The van der Waals surface area contributed by atoms with Crippen LogP contribution in [0.1, 0.15) is 52.9 Å². The molecule has 0 aromatic carbocycles. The van der Waals surface area contributed by atoms with Crippen molar-refractivity contribution in [3.05, 3.63) is 12.2 Å². The molecule has 0 heteroatoms. The number of rotatable bonds is 0. The van der Waals surface area contributed by atoms with Crippen LogP contribution < -0.4 is 0 Å². The lowest BCUT2D eigenvalue weighted by Crippen LogP contribution is -2.33. The number of hydrogen-bond acceptors (Lipinski definition) is 0. The Bertz CT molecular complexity index is 209. The lowest BCUT2D eigenvalue weighted by molar-refractivity contribution is 0.109. The molecule has 2 aliphatic carbocycles. The minimum atomic E-state index is 0.537. The van der Waals surface area contributed by atoms with Gasteiger partial charge in [-0.25, -0.2) is 0 Å². The van der Waals surface area contributed by atoms with Gasteiger partial charge in [-0.3, -0.25) is 0 Å². The molecule has 0 radical (unpaired) electrons. The monoisotopic (exact) mass is 178 g/mol. The third kappa shape index (κ3) is 1.68. The van der Waals surface area contributed by atoms with E-state index < -0.39 is 0 Å². The van der Waals surface area contributed by atoms with E-state index in [0.717, 1.165) is 5.92 Å². The first kappa shape index (κ1) is 9.30. The van der Waals surface area contributed by atoms with Crippen molar-refractivity contribution < 1.29 is 0 Å². The van der Waals surface area contributed by atoms with Crippen molar-refractivity contribution in [1.29, 1.82) is 0 Å². The van der Waals surface area contributed by atoms with Gasteiger partial charge in [0, 0.05) is 0 Å². The first-order chi connectivity index (χ1) is 6.02. The molecule has 0 heterocycles. The predicted molar refractivity (Wildman–Crippen MR) is 57.6 cm³/mol. The summed E-state index contributed by atoms with van der Waals surface area (Å²) in [6.07, 6.45) is 12.0. The van der Waals surface area contributed by atoms with E-state index in [9.17, 15) is 0 Å². The standard InChI is InChI=1S/C13H22/c1-12(2,3)11-5-9-13(10-6-11)7-4-8-13/h4,7,11H,5-6,8-10H2,1-3H3. The molecule has 1 fully saturated rings. The van der Waals surface area contributed by atoms with E-state index >= 15 is 0 Å². The average Bonchev–Trinajstić information content (AvgIpc) is 2.00. The van der Waals surface area contributed by atoms with Crippen LogP contribution in [0.2, 0.25) is 0 Å². The van der Waals surface area contributed by atoms with Crippen molar-refractivity contribution in [3.63, 3.8) is 0 Å². The largest absolute Gasteiger partial charge is 0.0871 e. The molecule has 0 aromatic rings. The maximum atomic E-state index is 2.46. The zero-order valence-corrected chi connectivity index (χ0v) is 9.27. The molecule has 1 spiro atoms. The second-order valence-corrected chi connectivity index (χ2v) is 6.11. The fourth-order valence-corrected chi connectivity index (χ4v) is 2.88. The molecule has 0 nitrogen and oxygen atoms in total. The highest BCUT2D eigenvalue weighted by Crippen LogP contribution is 2.51. The third-order valence-electron chi connectivity index (χ3n) is 4.20. The van der Waals surface area contributed by atoms with Crippen molar-refractivity contribution in [2.75, 3.05) is 0 Å². The quantitative estimate of drug-likeness (QED) is 0.488. The molecule has 0 atom stereocenters. The molecular formula is C13H22. The van der Waals surface area contributed by atoms with E-state index in [1.54, 1.807) is 0 Å². The third-order valence-corrected chi connectivity index (χ3v) is 4.20. The van der Waals surface area contributed by atoms with Crippen LogP contribution in [0.15, 0.2) is 12.2 Å². The van der Waals surface area contributed by atoms with Crippen LogP contribution in [-0.2, 0) is 0 Å². The summed E-state index contributed by atoms with van der Waals surface area (Å²) in [6.45, 7) is 7.19. The Kier molecular flexibility index (Phi) is 2.05. The first-order valence-corrected chi connectivity index (χ1v) is 5.70. The van der Waals surface area contributed by atoms with Gasteiger partial charge in [0.15, 0.2) is 0 Å². The Morgan fingerprint density at radius 1 is 1.15 bits per heavy atom. The highest BCUT2D eigenvalue weighted by atomic mass is 14.4. The van der Waals surface area contributed by atoms with Gasteiger partial charge in [0.1, 0.15) is 0 Å². The van der Waals surface area contributed by atoms with Crippen molar-refractivity contribution in [2.45, 2.75) is 52.9 Å².